The van der Waals surface area contributed by atoms with Crippen LogP contribution in [0.1, 0.15) is 28.7 Å². The van der Waals surface area contributed by atoms with E-state index in [0.717, 1.165) is 23.3 Å². The summed E-state index contributed by atoms with van der Waals surface area (Å²) in [5, 5.41) is 9.13. The average Bonchev–Trinajstić information content (AvgIpc) is 2.97. The van der Waals surface area contributed by atoms with Crippen LogP contribution in [0.3, 0.4) is 0 Å². The number of fused-ring (bicyclic) bond motifs is 1. The Balaban J connectivity index is 1.95. The zero-order chi connectivity index (χ0) is 20.3. The topological polar surface area (TPSA) is 67.6 Å². The van der Waals surface area contributed by atoms with Crippen LogP contribution in [-0.2, 0) is 13.5 Å². The minimum atomic E-state index is -0.157. The molecule has 6 nitrogen and oxygen atoms in total. The van der Waals surface area contributed by atoms with Gasteiger partial charge in [0.25, 0.3) is 5.91 Å². The highest BCUT2D eigenvalue weighted by atomic mass is 16.5. The Labute approximate surface area is 165 Å². The van der Waals surface area contributed by atoms with Gasteiger partial charge < -0.3 is 19.3 Å². The largest absolute Gasteiger partial charge is 0.488 e. The van der Waals surface area contributed by atoms with Crippen LogP contribution in [0.5, 0.6) is 5.75 Å². The van der Waals surface area contributed by atoms with Crippen LogP contribution in [0.25, 0.3) is 11.0 Å². The standard InChI is InChI=1S/C22H27N3O3/c1-15(12-17-8-6-5-7-9-17)28-20-14-18(22(27)24(3)10-11-26)13-19-21(20)23-16(2)25(19)4/h5-9,13-15,26H,10-12H2,1-4H3. The highest BCUT2D eigenvalue weighted by molar-refractivity contribution is 5.99. The summed E-state index contributed by atoms with van der Waals surface area (Å²) in [6.45, 7) is 4.15. The molecule has 0 saturated carbocycles. The lowest BCUT2D eigenvalue weighted by atomic mass is 10.1. The molecule has 1 atom stereocenters. The number of aliphatic hydroxyl groups is 1. The molecular formula is C22H27N3O3. The summed E-state index contributed by atoms with van der Waals surface area (Å²) in [5.74, 6) is 1.30. The highest BCUT2D eigenvalue weighted by Crippen LogP contribution is 2.29. The minimum absolute atomic E-state index is 0.0755. The monoisotopic (exact) mass is 381 g/mol. The van der Waals surface area contributed by atoms with Gasteiger partial charge in [-0.1, -0.05) is 30.3 Å². The SMILES string of the molecule is Cc1nc2c(OC(C)Cc3ccccc3)cc(C(=O)N(C)CCO)cc2n1C. The first-order chi connectivity index (χ1) is 13.4. The molecule has 0 saturated heterocycles. The molecule has 6 heteroatoms. The molecule has 0 bridgehead atoms. The van der Waals surface area contributed by atoms with Crippen molar-refractivity contribution in [3.05, 3.63) is 59.4 Å². The smallest absolute Gasteiger partial charge is 0.253 e. The second-order valence-electron chi connectivity index (χ2n) is 7.13. The maximum Gasteiger partial charge on any atom is 0.253 e. The van der Waals surface area contributed by atoms with Crippen molar-refractivity contribution in [3.8, 4) is 5.75 Å². The second-order valence-corrected chi connectivity index (χ2v) is 7.13. The van der Waals surface area contributed by atoms with E-state index in [1.54, 1.807) is 13.1 Å². The molecule has 0 aliphatic rings. The first-order valence-electron chi connectivity index (χ1n) is 9.44. The fourth-order valence-corrected chi connectivity index (χ4v) is 3.26. The third-order valence-corrected chi connectivity index (χ3v) is 4.90. The molecule has 0 aliphatic carbocycles. The Bertz CT molecular complexity index is 966. The zero-order valence-corrected chi connectivity index (χ0v) is 16.8. The number of nitrogens with zero attached hydrogens (tertiary/aromatic N) is 3. The summed E-state index contributed by atoms with van der Waals surface area (Å²) in [5.41, 5.74) is 3.32. The molecule has 0 fully saturated rings. The Hall–Kier alpha value is -2.86. The maximum atomic E-state index is 12.8. The van der Waals surface area contributed by atoms with Crippen molar-refractivity contribution in [1.82, 2.24) is 14.5 Å². The molecule has 3 rings (SSSR count). The quantitative estimate of drug-likeness (QED) is 0.683. The predicted molar refractivity (Wildman–Crippen MR) is 110 cm³/mol. The van der Waals surface area contributed by atoms with Gasteiger partial charge in [0, 0.05) is 32.6 Å². The summed E-state index contributed by atoms with van der Waals surface area (Å²) in [7, 11) is 3.60. The number of hydrogen-bond acceptors (Lipinski definition) is 4. The van der Waals surface area contributed by atoms with Gasteiger partial charge in [-0.25, -0.2) is 4.98 Å². The fraction of sp³-hybridized carbons (Fsp3) is 0.364. The first kappa shape index (κ1) is 19.9. The number of aliphatic hydroxyl groups excluding tert-OH is 1. The molecule has 28 heavy (non-hydrogen) atoms. The number of rotatable bonds is 7. The van der Waals surface area contributed by atoms with Gasteiger partial charge in [0.2, 0.25) is 0 Å². The van der Waals surface area contributed by atoms with Crippen molar-refractivity contribution in [3.63, 3.8) is 0 Å². The van der Waals surface area contributed by atoms with Gasteiger partial charge in [0.05, 0.1) is 12.1 Å². The lowest BCUT2D eigenvalue weighted by Crippen LogP contribution is -2.29. The zero-order valence-electron chi connectivity index (χ0n) is 16.8. The van der Waals surface area contributed by atoms with Crippen molar-refractivity contribution in [1.29, 1.82) is 0 Å². The Kier molecular flexibility index (Phi) is 5.99. The molecule has 0 radical (unpaired) electrons. The maximum absolute atomic E-state index is 12.8. The Morgan fingerprint density at radius 1 is 1.29 bits per heavy atom. The van der Waals surface area contributed by atoms with Gasteiger partial charge in [-0.15, -0.1) is 0 Å². The van der Waals surface area contributed by atoms with Gasteiger partial charge in [-0.2, -0.15) is 0 Å². The van der Waals surface area contributed by atoms with Gasteiger partial charge >= 0.3 is 0 Å². The number of aryl methyl sites for hydroxylation is 2. The van der Waals surface area contributed by atoms with Crippen molar-refractivity contribution in [2.24, 2.45) is 7.05 Å². The van der Waals surface area contributed by atoms with E-state index in [1.165, 1.54) is 10.5 Å². The van der Waals surface area contributed by atoms with E-state index in [9.17, 15) is 4.79 Å². The molecule has 1 aromatic heterocycles. The molecule has 148 valence electrons. The van der Waals surface area contributed by atoms with E-state index in [0.29, 0.717) is 11.3 Å². The van der Waals surface area contributed by atoms with Crippen LogP contribution in [0.15, 0.2) is 42.5 Å². The van der Waals surface area contributed by atoms with Crippen molar-refractivity contribution < 1.29 is 14.6 Å². The van der Waals surface area contributed by atoms with Crippen LogP contribution >= 0.6 is 0 Å². The number of carbonyl (C=O) groups excluding carboxylic acids is 1. The van der Waals surface area contributed by atoms with E-state index in [-0.39, 0.29) is 25.2 Å². The summed E-state index contributed by atoms with van der Waals surface area (Å²) >= 11 is 0. The average molecular weight is 381 g/mol. The minimum Gasteiger partial charge on any atom is -0.488 e. The number of likely N-dealkylation sites (N-methyl/N-ethyl adjacent to an activating group) is 1. The van der Waals surface area contributed by atoms with Crippen molar-refractivity contribution >= 4 is 16.9 Å². The molecule has 1 amide bonds. The number of amides is 1. The lowest BCUT2D eigenvalue weighted by molar-refractivity contribution is 0.0766. The molecule has 1 N–H and O–H groups in total. The summed E-state index contributed by atoms with van der Waals surface area (Å²) in [6, 6.07) is 13.8. The molecule has 0 spiro atoms. The number of carbonyl (C=O) groups is 1. The van der Waals surface area contributed by atoms with E-state index >= 15 is 0 Å². The molecule has 0 aliphatic heterocycles. The van der Waals surface area contributed by atoms with Crippen LogP contribution in [0.2, 0.25) is 0 Å². The van der Waals surface area contributed by atoms with Crippen LogP contribution in [0, 0.1) is 6.92 Å². The van der Waals surface area contributed by atoms with Crippen molar-refractivity contribution in [2.45, 2.75) is 26.4 Å². The fourth-order valence-electron chi connectivity index (χ4n) is 3.26. The third-order valence-electron chi connectivity index (χ3n) is 4.90. The molecule has 1 unspecified atom stereocenters. The summed E-state index contributed by atoms with van der Waals surface area (Å²) in [4.78, 5) is 18.9. The Morgan fingerprint density at radius 2 is 2.00 bits per heavy atom. The van der Waals surface area contributed by atoms with Gasteiger partial charge in [-0.3, -0.25) is 4.79 Å². The number of imidazole rings is 1. The van der Waals surface area contributed by atoms with E-state index < -0.39 is 0 Å². The molecule has 2 aromatic carbocycles. The first-order valence-corrected chi connectivity index (χ1v) is 9.44. The number of ether oxygens (including phenoxy) is 1. The van der Waals surface area contributed by atoms with Gasteiger partial charge in [0.1, 0.15) is 23.2 Å². The van der Waals surface area contributed by atoms with E-state index in [4.69, 9.17) is 9.84 Å². The molecule has 1 heterocycles. The third kappa shape index (κ3) is 4.17. The van der Waals surface area contributed by atoms with Crippen molar-refractivity contribution in [2.75, 3.05) is 20.2 Å². The summed E-state index contributed by atoms with van der Waals surface area (Å²) < 4.78 is 8.19. The highest BCUT2D eigenvalue weighted by Gasteiger charge is 2.19. The lowest BCUT2D eigenvalue weighted by Gasteiger charge is -2.19. The molecule has 3 aromatic rings. The summed E-state index contributed by atoms with van der Waals surface area (Å²) in [6.07, 6.45) is 0.685. The molecular weight excluding hydrogens is 354 g/mol. The van der Waals surface area contributed by atoms with E-state index in [2.05, 4.69) is 17.1 Å². The van der Waals surface area contributed by atoms with Gasteiger partial charge in [-0.05, 0) is 31.5 Å². The predicted octanol–water partition coefficient (Wildman–Crippen LogP) is 2.96. The van der Waals surface area contributed by atoms with Crippen LogP contribution < -0.4 is 4.74 Å². The van der Waals surface area contributed by atoms with E-state index in [1.807, 2.05) is 49.7 Å². The normalized spacial score (nSPS) is 12.2. The van der Waals surface area contributed by atoms with Crippen LogP contribution in [0.4, 0.5) is 0 Å². The van der Waals surface area contributed by atoms with Crippen LogP contribution in [-0.4, -0.2) is 51.8 Å². The van der Waals surface area contributed by atoms with Gasteiger partial charge in [0.15, 0.2) is 0 Å². The number of benzene rings is 2. The number of hydrogen-bond donors (Lipinski definition) is 1. The number of aromatic nitrogens is 2. The Morgan fingerprint density at radius 3 is 2.68 bits per heavy atom. The second kappa shape index (κ2) is 8.44.